The lowest BCUT2D eigenvalue weighted by molar-refractivity contribution is -0.133. The Bertz CT molecular complexity index is 476. The van der Waals surface area contributed by atoms with Gasteiger partial charge in [0.1, 0.15) is 0 Å². The number of likely N-dealkylation sites (N-methyl/N-ethyl adjacent to an activating group) is 1. The van der Waals surface area contributed by atoms with E-state index in [-0.39, 0.29) is 5.91 Å². The summed E-state index contributed by atoms with van der Waals surface area (Å²) in [5, 5.41) is 0. The Morgan fingerprint density at radius 3 is 2.81 bits per heavy atom. The molecule has 1 aromatic rings. The number of hydrogen-bond acceptors (Lipinski definition) is 3. The van der Waals surface area contributed by atoms with Gasteiger partial charge in [0, 0.05) is 38.4 Å². The molecule has 4 heteroatoms. The molecule has 21 heavy (non-hydrogen) atoms. The Morgan fingerprint density at radius 2 is 2.00 bits per heavy atom. The van der Waals surface area contributed by atoms with E-state index >= 15 is 0 Å². The molecule has 0 N–H and O–H groups in total. The van der Waals surface area contributed by atoms with Crippen molar-refractivity contribution in [2.24, 2.45) is 0 Å². The Labute approximate surface area is 127 Å². The van der Waals surface area contributed by atoms with Crippen molar-refractivity contribution in [3.05, 3.63) is 30.3 Å². The molecule has 0 spiro atoms. The molecule has 0 saturated carbocycles. The first kappa shape index (κ1) is 14.4. The highest BCUT2D eigenvalue weighted by molar-refractivity contribution is 5.81. The third-order valence-electron chi connectivity index (χ3n) is 4.76. The quantitative estimate of drug-likeness (QED) is 0.848. The molecule has 0 radical (unpaired) electrons. The van der Waals surface area contributed by atoms with E-state index in [0.29, 0.717) is 12.6 Å². The van der Waals surface area contributed by atoms with Crippen LogP contribution in [0.15, 0.2) is 30.3 Å². The summed E-state index contributed by atoms with van der Waals surface area (Å²) >= 11 is 0. The van der Waals surface area contributed by atoms with Crippen LogP contribution in [0, 0.1) is 0 Å². The largest absolute Gasteiger partial charge is 0.365 e. The number of amides is 1. The Balaban J connectivity index is 1.56. The van der Waals surface area contributed by atoms with Gasteiger partial charge in [-0.15, -0.1) is 0 Å². The van der Waals surface area contributed by atoms with Crippen molar-refractivity contribution in [3.63, 3.8) is 0 Å². The molecule has 3 rings (SSSR count). The zero-order chi connectivity index (χ0) is 14.7. The molecule has 1 aromatic carbocycles. The van der Waals surface area contributed by atoms with Crippen LogP contribution in [0.3, 0.4) is 0 Å². The highest BCUT2D eigenvalue weighted by Crippen LogP contribution is 2.21. The fourth-order valence-corrected chi connectivity index (χ4v) is 3.46. The number of benzene rings is 1. The number of fused-ring (bicyclic) bond motifs is 1. The zero-order valence-corrected chi connectivity index (χ0v) is 12.9. The predicted molar refractivity (Wildman–Crippen MR) is 85.5 cm³/mol. The molecule has 4 nitrogen and oxygen atoms in total. The first-order chi connectivity index (χ1) is 10.2. The summed E-state index contributed by atoms with van der Waals surface area (Å²) in [6, 6.07) is 10.7. The second-order valence-corrected chi connectivity index (χ2v) is 6.22. The highest BCUT2D eigenvalue weighted by atomic mass is 16.2. The van der Waals surface area contributed by atoms with E-state index in [9.17, 15) is 4.79 Å². The van der Waals surface area contributed by atoms with E-state index in [1.165, 1.54) is 25.8 Å². The van der Waals surface area contributed by atoms with E-state index < -0.39 is 0 Å². The molecule has 0 aliphatic carbocycles. The third kappa shape index (κ3) is 3.38. The Hall–Kier alpha value is -1.55. The molecule has 0 aromatic heterocycles. The molecule has 2 aliphatic rings. The maximum Gasteiger partial charge on any atom is 0.242 e. The SMILES string of the molecule is CN(CC(=O)N1CCN2CCCCC2C1)c1ccccc1. The summed E-state index contributed by atoms with van der Waals surface area (Å²) < 4.78 is 0. The van der Waals surface area contributed by atoms with E-state index in [0.717, 1.165) is 25.3 Å². The van der Waals surface area contributed by atoms with Crippen molar-refractivity contribution >= 4 is 11.6 Å². The topological polar surface area (TPSA) is 26.8 Å². The van der Waals surface area contributed by atoms with Gasteiger partial charge in [-0.3, -0.25) is 9.69 Å². The maximum atomic E-state index is 12.5. The Morgan fingerprint density at radius 1 is 1.19 bits per heavy atom. The number of nitrogens with zero attached hydrogens (tertiary/aromatic N) is 3. The van der Waals surface area contributed by atoms with Crippen molar-refractivity contribution in [3.8, 4) is 0 Å². The molecule has 114 valence electrons. The van der Waals surface area contributed by atoms with Gasteiger partial charge in [-0.25, -0.2) is 0 Å². The lowest BCUT2D eigenvalue weighted by Crippen LogP contribution is -2.57. The number of hydrogen-bond donors (Lipinski definition) is 0. The van der Waals surface area contributed by atoms with E-state index in [2.05, 4.69) is 9.80 Å². The van der Waals surface area contributed by atoms with Crippen LogP contribution >= 0.6 is 0 Å². The lowest BCUT2D eigenvalue weighted by Gasteiger charge is -2.44. The van der Waals surface area contributed by atoms with Crippen LogP contribution in [0.25, 0.3) is 0 Å². The van der Waals surface area contributed by atoms with Gasteiger partial charge in [0.2, 0.25) is 5.91 Å². The van der Waals surface area contributed by atoms with Gasteiger partial charge in [-0.05, 0) is 31.5 Å². The summed E-state index contributed by atoms with van der Waals surface area (Å²) in [4.78, 5) is 19.2. The van der Waals surface area contributed by atoms with Gasteiger partial charge in [0.25, 0.3) is 0 Å². The van der Waals surface area contributed by atoms with Gasteiger partial charge < -0.3 is 9.80 Å². The Kier molecular flexibility index (Phi) is 4.44. The minimum absolute atomic E-state index is 0.256. The number of piperidine rings is 1. The van der Waals surface area contributed by atoms with Gasteiger partial charge in [0.15, 0.2) is 0 Å². The van der Waals surface area contributed by atoms with Crippen molar-refractivity contribution in [2.75, 3.05) is 44.7 Å². The highest BCUT2D eigenvalue weighted by Gasteiger charge is 2.31. The summed E-state index contributed by atoms with van der Waals surface area (Å²) in [6.07, 6.45) is 3.88. The first-order valence-corrected chi connectivity index (χ1v) is 8.02. The second-order valence-electron chi connectivity index (χ2n) is 6.22. The fourth-order valence-electron chi connectivity index (χ4n) is 3.46. The van der Waals surface area contributed by atoms with Crippen LogP contribution in [0.1, 0.15) is 19.3 Å². The number of piperazine rings is 1. The number of anilines is 1. The van der Waals surface area contributed by atoms with Crippen LogP contribution < -0.4 is 4.90 Å². The minimum Gasteiger partial charge on any atom is -0.365 e. The van der Waals surface area contributed by atoms with Crippen LogP contribution in [0.5, 0.6) is 0 Å². The second kappa shape index (κ2) is 6.48. The fraction of sp³-hybridized carbons (Fsp3) is 0.588. The van der Waals surface area contributed by atoms with E-state index in [1.807, 2.05) is 42.3 Å². The number of para-hydroxylation sites is 1. The van der Waals surface area contributed by atoms with Crippen molar-refractivity contribution < 1.29 is 4.79 Å². The molecule has 2 heterocycles. The average molecular weight is 287 g/mol. The predicted octanol–water partition coefficient (Wildman–Crippen LogP) is 1.82. The van der Waals surface area contributed by atoms with E-state index in [4.69, 9.17) is 0 Å². The summed E-state index contributed by atoms with van der Waals surface area (Å²) in [5.41, 5.74) is 1.10. The van der Waals surface area contributed by atoms with Gasteiger partial charge in [-0.1, -0.05) is 24.6 Å². The molecule has 1 amide bonds. The van der Waals surface area contributed by atoms with Crippen molar-refractivity contribution in [1.29, 1.82) is 0 Å². The zero-order valence-electron chi connectivity index (χ0n) is 12.9. The van der Waals surface area contributed by atoms with Crippen LogP contribution in [0.4, 0.5) is 5.69 Å². The molecule has 1 atom stereocenters. The molecular formula is C17H25N3O. The molecule has 1 unspecified atom stereocenters. The summed E-state index contributed by atoms with van der Waals surface area (Å²) in [5.74, 6) is 0.256. The smallest absolute Gasteiger partial charge is 0.242 e. The van der Waals surface area contributed by atoms with Crippen LogP contribution in [-0.2, 0) is 4.79 Å². The number of rotatable bonds is 3. The summed E-state index contributed by atoms with van der Waals surface area (Å²) in [6.45, 7) is 4.54. The number of carbonyl (C=O) groups excluding carboxylic acids is 1. The normalized spacial score (nSPS) is 22.7. The first-order valence-electron chi connectivity index (χ1n) is 8.02. The van der Waals surface area contributed by atoms with Gasteiger partial charge >= 0.3 is 0 Å². The standard InChI is InChI=1S/C17H25N3O/c1-18(15-7-3-2-4-8-15)14-17(21)20-12-11-19-10-6-5-9-16(19)13-20/h2-4,7-8,16H,5-6,9-14H2,1H3. The lowest BCUT2D eigenvalue weighted by atomic mass is 9.99. The maximum absolute atomic E-state index is 12.5. The molecule has 2 saturated heterocycles. The third-order valence-corrected chi connectivity index (χ3v) is 4.76. The van der Waals surface area contributed by atoms with E-state index in [1.54, 1.807) is 0 Å². The van der Waals surface area contributed by atoms with Gasteiger partial charge in [0.05, 0.1) is 6.54 Å². The monoisotopic (exact) mass is 287 g/mol. The average Bonchev–Trinajstić information content (AvgIpc) is 2.55. The summed E-state index contributed by atoms with van der Waals surface area (Å²) in [7, 11) is 1.99. The minimum atomic E-state index is 0.256. The van der Waals surface area contributed by atoms with Crippen molar-refractivity contribution in [1.82, 2.24) is 9.80 Å². The molecular weight excluding hydrogens is 262 g/mol. The van der Waals surface area contributed by atoms with Gasteiger partial charge in [-0.2, -0.15) is 0 Å². The van der Waals surface area contributed by atoms with Crippen molar-refractivity contribution in [2.45, 2.75) is 25.3 Å². The van der Waals surface area contributed by atoms with Crippen LogP contribution in [0.2, 0.25) is 0 Å². The number of carbonyl (C=O) groups is 1. The molecule has 2 aliphatic heterocycles. The van der Waals surface area contributed by atoms with Crippen LogP contribution in [-0.4, -0.2) is 61.5 Å². The molecule has 0 bridgehead atoms. The molecule has 2 fully saturated rings.